The van der Waals surface area contributed by atoms with Gasteiger partial charge in [0.25, 0.3) is 0 Å². The fourth-order valence-corrected chi connectivity index (χ4v) is 3.17. The van der Waals surface area contributed by atoms with Crippen molar-refractivity contribution in [2.45, 2.75) is 58.4 Å². The standard InChI is InChI=1S/C18H26F2N2O3/c1-5-24-14-10-18(21,17(14,3)4)15(23)22-11(2)12-6-8-13(9-7-12)25-16(19)20/h6-9,11,14,16H,5,10,21H2,1-4H3,(H,22,23). The second-order valence-electron chi connectivity index (χ2n) is 6.98. The van der Waals surface area contributed by atoms with Gasteiger partial charge in [-0.25, -0.2) is 0 Å². The lowest BCUT2D eigenvalue weighted by Gasteiger charge is -2.57. The molecule has 7 heteroatoms. The molecule has 0 heterocycles. The molecule has 1 saturated carbocycles. The number of carbonyl (C=O) groups is 1. The van der Waals surface area contributed by atoms with Gasteiger partial charge in [-0.1, -0.05) is 26.0 Å². The third kappa shape index (κ3) is 3.77. The second kappa shape index (κ2) is 7.25. The van der Waals surface area contributed by atoms with Crippen LogP contribution in [-0.4, -0.2) is 30.8 Å². The maximum atomic E-state index is 12.7. The van der Waals surface area contributed by atoms with Crippen LogP contribution in [0.4, 0.5) is 8.78 Å². The summed E-state index contributed by atoms with van der Waals surface area (Å²) >= 11 is 0. The van der Waals surface area contributed by atoms with Gasteiger partial charge < -0.3 is 20.5 Å². The highest BCUT2D eigenvalue weighted by Crippen LogP contribution is 2.50. The van der Waals surface area contributed by atoms with E-state index in [1.807, 2.05) is 27.7 Å². The Bertz CT molecular complexity index is 607. The average Bonchev–Trinajstić information content (AvgIpc) is 2.54. The van der Waals surface area contributed by atoms with E-state index in [1.165, 1.54) is 12.1 Å². The van der Waals surface area contributed by atoms with Gasteiger partial charge in [-0.3, -0.25) is 4.79 Å². The molecule has 3 N–H and O–H groups in total. The Morgan fingerprint density at radius 2 is 1.96 bits per heavy atom. The maximum absolute atomic E-state index is 12.7. The number of alkyl halides is 2. The summed E-state index contributed by atoms with van der Waals surface area (Å²) < 4.78 is 34.3. The fraction of sp³-hybridized carbons (Fsp3) is 0.611. The summed E-state index contributed by atoms with van der Waals surface area (Å²) in [6.45, 7) is 5.30. The molecule has 25 heavy (non-hydrogen) atoms. The molecule has 0 spiro atoms. The highest BCUT2D eigenvalue weighted by atomic mass is 19.3. The van der Waals surface area contributed by atoms with Crippen molar-refractivity contribution < 1.29 is 23.0 Å². The number of amides is 1. The Morgan fingerprint density at radius 3 is 2.44 bits per heavy atom. The number of carbonyl (C=O) groups excluding carboxylic acids is 1. The minimum atomic E-state index is -2.86. The van der Waals surface area contributed by atoms with E-state index in [0.29, 0.717) is 13.0 Å². The van der Waals surface area contributed by atoms with Gasteiger partial charge in [0.1, 0.15) is 11.3 Å². The molecule has 0 aromatic heterocycles. The number of rotatable bonds is 7. The third-order valence-corrected chi connectivity index (χ3v) is 5.19. The van der Waals surface area contributed by atoms with Crippen LogP contribution in [0, 0.1) is 5.41 Å². The SMILES string of the molecule is CCOC1CC(N)(C(=O)NC(C)c2ccc(OC(F)F)cc2)C1(C)C. The minimum absolute atomic E-state index is 0.0469. The van der Waals surface area contributed by atoms with Gasteiger partial charge in [0, 0.05) is 18.4 Å². The maximum Gasteiger partial charge on any atom is 0.387 e. The smallest absolute Gasteiger partial charge is 0.387 e. The predicted molar refractivity (Wildman–Crippen MR) is 90.4 cm³/mol. The van der Waals surface area contributed by atoms with E-state index in [9.17, 15) is 13.6 Å². The summed E-state index contributed by atoms with van der Waals surface area (Å²) in [7, 11) is 0. The molecule has 0 bridgehead atoms. The molecule has 0 saturated heterocycles. The molecule has 1 aromatic rings. The van der Waals surface area contributed by atoms with Crippen LogP contribution in [0.5, 0.6) is 5.75 Å². The summed E-state index contributed by atoms with van der Waals surface area (Å²) in [5, 5.41) is 2.91. The minimum Gasteiger partial charge on any atom is -0.435 e. The summed E-state index contributed by atoms with van der Waals surface area (Å²) in [5.41, 5.74) is 5.66. The lowest BCUT2D eigenvalue weighted by molar-refractivity contribution is -0.171. The molecule has 5 nitrogen and oxygen atoms in total. The quantitative estimate of drug-likeness (QED) is 0.788. The van der Waals surface area contributed by atoms with Gasteiger partial charge in [0.2, 0.25) is 5.91 Å². The van der Waals surface area contributed by atoms with Gasteiger partial charge in [0.05, 0.1) is 12.1 Å². The summed E-state index contributed by atoms with van der Waals surface area (Å²) in [4.78, 5) is 12.7. The summed E-state index contributed by atoms with van der Waals surface area (Å²) in [6.07, 6.45) is 0.419. The number of hydrogen-bond donors (Lipinski definition) is 2. The van der Waals surface area contributed by atoms with Crippen molar-refractivity contribution in [3.05, 3.63) is 29.8 Å². The van der Waals surface area contributed by atoms with Crippen LogP contribution in [0.3, 0.4) is 0 Å². The zero-order valence-corrected chi connectivity index (χ0v) is 15.0. The molecule has 1 aliphatic rings. The first-order valence-electron chi connectivity index (χ1n) is 8.38. The van der Waals surface area contributed by atoms with Crippen LogP contribution in [-0.2, 0) is 9.53 Å². The van der Waals surface area contributed by atoms with Gasteiger partial charge in [0.15, 0.2) is 0 Å². The molecule has 1 fully saturated rings. The van der Waals surface area contributed by atoms with Crippen molar-refractivity contribution in [3.63, 3.8) is 0 Å². The molecular formula is C18H26F2N2O3. The number of ether oxygens (including phenoxy) is 2. The largest absolute Gasteiger partial charge is 0.435 e. The average molecular weight is 356 g/mol. The third-order valence-electron chi connectivity index (χ3n) is 5.19. The highest BCUT2D eigenvalue weighted by molar-refractivity contribution is 5.89. The van der Waals surface area contributed by atoms with E-state index in [0.717, 1.165) is 5.56 Å². The second-order valence-corrected chi connectivity index (χ2v) is 6.98. The Morgan fingerprint density at radius 1 is 1.36 bits per heavy atom. The number of nitrogens with one attached hydrogen (secondary N) is 1. The van der Waals surface area contributed by atoms with Crippen LogP contribution in [0.25, 0.3) is 0 Å². The van der Waals surface area contributed by atoms with E-state index in [-0.39, 0.29) is 23.8 Å². The summed E-state index contributed by atoms with van der Waals surface area (Å²) in [6, 6.07) is 5.86. The molecule has 1 aliphatic carbocycles. The van der Waals surface area contributed by atoms with Crippen LogP contribution < -0.4 is 15.8 Å². The van der Waals surface area contributed by atoms with E-state index >= 15 is 0 Å². The van der Waals surface area contributed by atoms with Gasteiger partial charge in [-0.2, -0.15) is 8.78 Å². The molecule has 1 amide bonds. The first-order chi connectivity index (χ1) is 11.6. The monoisotopic (exact) mass is 356 g/mol. The van der Waals surface area contributed by atoms with E-state index in [4.69, 9.17) is 10.5 Å². The fourth-order valence-electron chi connectivity index (χ4n) is 3.17. The van der Waals surface area contributed by atoms with Crippen molar-refractivity contribution in [2.24, 2.45) is 11.1 Å². The molecule has 0 radical (unpaired) electrons. The first-order valence-corrected chi connectivity index (χ1v) is 8.38. The van der Waals surface area contributed by atoms with Crippen molar-refractivity contribution in [3.8, 4) is 5.75 Å². The predicted octanol–water partition coefficient (Wildman–Crippen LogP) is 3.00. The molecule has 3 unspecified atom stereocenters. The van der Waals surface area contributed by atoms with Gasteiger partial charge in [-0.15, -0.1) is 0 Å². The van der Waals surface area contributed by atoms with Crippen molar-refractivity contribution >= 4 is 5.91 Å². The lowest BCUT2D eigenvalue weighted by atomic mass is 9.54. The Kier molecular flexibility index (Phi) is 5.68. The highest BCUT2D eigenvalue weighted by Gasteiger charge is 2.62. The number of benzene rings is 1. The van der Waals surface area contributed by atoms with Crippen molar-refractivity contribution in [1.29, 1.82) is 0 Å². The first kappa shape index (κ1) is 19.6. The summed E-state index contributed by atoms with van der Waals surface area (Å²) in [5.74, 6) is -0.166. The van der Waals surface area contributed by atoms with E-state index in [2.05, 4.69) is 10.1 Å². The number of hydrogen-bond acceptors (Lipinski definition) is 4. The Hall–Kier alpha value is -1.73. The zero-order valence-electron chi connectivity index (χ0n) is 15.0. The van der Waals surface area contributed by atoms with Crippen LogP contribution >= 0.6 is 0 Å². The Balaban J connectivity index is 2.00. The Labute approximate surface area is 146 Å². The van der Waals surface area contributed by atoms with Crippen LogP contribution in [0.2, 0.25) is 0 Å². The molecule has 140 valence electrons. The number of halogens is 2. The van der Waals surface area contributed by atoms with Crippen molar-refractivity contribution in [2.75, 3.05) is 6.61 Å². The van der Waals surface area contributed by atoms with Crippen LogP contribution in [0.1, 0.15) is 45.7 Å². The van der Waals surface area contributed by atoms with Crippen molar-refractivity contribution in [1.82, 2.24) is 5.32 Å². The number of nitrogens with two attached hydrogens (primary N) is 1. The lowest BCUT2D eigenvalue weighted by Crippen LogP contribution is -2.75. The van der Waals surface area contributed by atoms with Crippen LogP contribution in [0.15, 0.2) is 24.3 Å². The van der Waals surface area contributed by atoms with E-state index in [1.54, 1.807) is 12.1 Å². The molecule has 1 aromatic carbocycles. The topological polar surface area (TPSA) is 73.6 Å². The van der Waals surface area contributed by atoms with Gasteiger partial charge >= 0.3 is 6.61 Å². The zero-order chi connectivity index (χ0) is 18.8. The molecule has 2 rings (SSSR count). The molecule has 3 atom stereocenters. The van der Waals surface area contributed by atoms with Gasteiger partial charge in [-0.05, 0) is 31.5 Å². The van der Waals surface area contributed by atoms with E-state index < -0.39 is 17.6 Å². The normalized spacial score (nSPS) is 26.0. The molecule has 0 aliphatic heterocycles. The molecular weight excluding hydrogens is 330 g/mol.